The van der Waals surface area contributed by atoms with Crippen LogP contribution in [0.15, 0.2) is 59.0 Å². The Morgan fingerprint density at radius 3 is 2.60 bits per heavy atom. The van der Waals surface area contributed by atoms with Crippen molar-refractivity contribution in [2.75, 3.05) is 34.0 Å². The largest absolute Gasteiger partial charge is 0.466 e. The zero-order chi connectivity index (χ0) is 25.2. The molecule has 0 amide bonds. The minimum atomic E-state index is -2.01. The van der Waals surface area contributed by atoms with E-state index in [2.05, 4.69) is 22.0 Å². The van der Waals surface area contributed by atoms with Crippen LogP contribution in [0, 0.1) is 0 Å². The van der Waals surface area contributed by atoms with E-state index in [0.29, 0.717) is 25.2 Å². The lowest BCUT2D eigenvalue weighted by molar-refractivity contribution is -0.145. The van der Waals surface area contributed by atoms with Crippen molar-refractivity contribution in [1.82, 2.24) is 16.0 Å². The monoisotopic (exact) mass is 481 g/mol. The maximum absolute atomic E-state index is 13.5. The number of esters is 1. The van der Waals surface area contributed by atoms with Gasteiger partial charge >= 0.3 is 5.97 Å². The fraction of sp³-hybridized carbons (Fsp3) is 0.423. The van der Waals surface area contributed by atoms with E-state index in [0.717, 1.165) is 30.5 Å². The normalized spacial score (nSPS) is 25.4. The summed E-state index contributed by atoms with van der Waals surface area (Å²) in [4.78, 5) is 39.6. The molecule has 1 saturated heterocycles. The van der Waals surface area contributed by atoms with Crippen LogP contribution in [-0.2, 0) is 14.3 Å². The van der Waals surface area contributed by atoms with Gasteiger partial charge in [0.15, 0.2) is 11.4 Å². The maximum Gasteiger partial charge on any atom is 0.350 e. The van der Waals surface area contributed by atoms with Crippen molar-refractivity contribution in [3.8, 4) is 0 Å². The number of fused-ring (bicyclic) bond motifs is 2. The lowest BCUT2D eigenvalue weighted by Crippen LogP contribution is -2.50. The van der Waals surface area contributed by atoms with Gasteiger partial charge in [0.2, 0.25) is 5.78 Å². The summed E-state index contributed by atoms with van der Waals surface area (Å²) in [6, 6.07) is 6.38. The number of dihydropyridines is 1. The molecule has 1 fully saturated rings. The van der Waals surface area contributed by atoms with Crippen LogP contribution in [0.25, 0.3) is 0 Å². The van der Waals surface area contributed by atoms with E-state index in [1.54, 1.807) is 18.2 Å². The quantitative estimate of drug-likeness (QED) is 0.129. The molecule has 1 aliphatic carbocycles. The van der Waals surface area contributed by atoms with Crippen LogP contribution < -0.4 is 16.0 Å². The first-order valence-corrected chi connectivity index (χ1v) is 11.6. The van der Waals surface area contributed by atoms with Gasteiger partial charge in [-0.15, -0.1) is 0 Å². The van der Waals surface area contributed by atoms with Gasteiger partial charge in [-0.3, -0.25) is 9.59 Å². The molecule has 1 aromatic carbocycles. The third-order valence-corrected chi connectivity index (χ3v) is 6.92. The number of aliphatic hydroxyl groups is 1. The van der Waals surface area contributed by atoms with Crippen LogP contribution in [0.4, 0.5) is 0 Å². The number of methoxy groups -OCH3 is 1. The first kappa shape index (κ1) is 24.8. The Labute approximate surface area is 204 Å². The third-order valence-electron chi connectivity index (χ3n) is 6.92. The van der Waals surface area contributed by atoms with Crippen molar-refractivity contribution in [2.45, 2.75) is 37.4 Å². The molecule has 35 heavy (non-hydrogen) atoms. The highest BCUT2D eigenvalue weighted by molar-refractivity contribution is 6.32. The average Bonchev–Trinajstić information content (AvgIpc) is 3.59. The van der Waals surface area contributed by atoms with Crippen LogP contribution in [-0.4, -0.2) is 67.8 Å². The van der Waals surface area contributed by atoms with Gasteiger partial charge in [-0.1, -0.05) is 35.9 Å². The van der Waals surface area contributed by atoms with Gasteiger partial charge in [0.25, 0.3) is 5.60 Å². The first-order valence-electron chi connectivity index (χ1n) is 11.6. The predicted molar refractivity (Wildman–Crippen MR) is 129 cm³/mol. The molecule has 0 aromatic heterocycles. The number of hydrogen-bond donors (Lipinski definition) is 4. The van der Waals surface area contributed by atoms with Gasteiger partial charge in [-0.2, -0.15) is 0 Å². The molecule has 2 atom stereocenters. The van der Waals surface area contributed by atoms with Crippen molar-refractivity contribution in [2.24, 2.45) is 0 Å². The highest BCUT2D eigenvalue weighted by Crippen LogP contribution is 2.59. The molecule has 3 aliphatic rings. The molecule has 0 saturated carbocycles. The smallest absolute Gasteiger partial charge is 0.350 e. The van der Waals surface area contributed by atoms with Crippen LogP contribution in [0.1, 0.15) is 46.9 Å². The summed E-state index contributed by atoms with van der Waals surface area (Å²) >= 11 is 0. The van der Waals surface area contributed by atoms with Gasteiger partial charge in [-0.25, -0.2) is 4.79 Å². The Morgan fingerprint density at radius 1 is 1.23 bits per heavy atom. The summed E-state index contributed by atoms with van der Waals surface area (Å²) in [6.07, 6.45) is 5.44. The number of Topliss-reactive ketones (excluding diaryl/α,β-unsaturated/α-hetero) is 2. The molecular weight excluding hydrogens is 450 g/mol. The Morgan fingerprint density at radius 2 is 1.94 bits per heavy atom. The molecule has 2 heterocycles. The van der Waals surface area contributed by atoms with Crippen molar-refractivity contribution >= 4 is 17.5 Å². The second-order valence-electron chi connectivity index (χ2n) is 8.95. The summed E-state index contributed by atoms with van der Waals surface area (Å²) < 4.78 is 10.7. The summed E-state index contributed by atoms with van der Waals surface area (Å²) in [7, 11) is 3.02. The lowest BCUT2D eigenvalue weighted by atomic mass is 9.71. The van der Waals surface area contributed by atoms with Crippen LogP contribution in [0.3, 0.4) is 0 Å². The number of rotatable bonds is 10. The second kappa shape index (κ2) is 9.77. The fourth-order valence-corrected chi connectivity index (χ4v) is 4.85. The van der Waals surface area contributed by atoms with E-state index < -0.39 is 28.7 Å². The van der Waals surface area contributed by atoms with E-state index in [-0.39, 0.29) is 24.2 Å². The molecular formula is C26H31N3O6. The predicted octanol–water partition coefficient (Wildman–Crippen LogP) is 1.36. The van der Waals surface area contributed by atoms with E-state index in [9.17, 15) is 19.5 Å². The number of ether oxygens (including phenoxy) is 2. The number of carbonyl (C=O) groups excluding carboxylic acids is 3. The molecule has 0 unspecified atom stereocenters. The average molecular weight is 482 g/mol. The number of aliphatic hydroxyl groups excluding tert-OH is 1. The number of ketones is 2. The third kappa shape index (κ3) is 4.09. The van der Waals surface area contributed by atoms with Gasteiger partial charge in [0.1, 0.15) is 5.82 Å². The van der Waals surface area contributed by atoms with Crippen molar-refractivity contribution in [3.63, 3.8) is 0 Å². The Kier molecular flexibility index (Phi) is 6.93. The topological polar surface area (TPSA) is 129 Å². The van der Waals surface area contributed by atoms with Gasteiger partial charge in [0.05, 0.1) is 20.4 Å². The van der Waals surface area contributed by atoms with Crippen molar-refractivity contribution in [1.29, 1.82) is 0 Å². The van der Waals surface area contributed by atoms with Crippen LogP contribution in [0.2, 0.25) is 0 Å². The van der Waals surface area contributed by atoms with Gasteiger partial charge in [0, 0.05) is 24.1 Å². The molecule has 4 rings (SSSR count). The van der Waals surface area contributed by atoms with Crippen molar-refractivity contribution in [3.05, 3.63) is 70.1 Å². The molecule has 9 nitrogen and oxygen atoms in total. The lowest BCUT2D eigenvalue weighted by Gasteiger charge is -2.24. The molecule has 1 aromatic rings. The Hall–Kier alpha value is -3.27. The maximum atomic E-state index is 13.5. The van der Waals surface area contributed by atoms with Crippen LogP contribution >= 0.6 is 0 Å². The second-order valence-corrected chi connectivity index (χ2v) is 8.95. The summed E-state index contributed by atoms with van der Waals surface area (Å²) in [6.45, 7) is 2.92. The molecule has 0 spiro atoms. The summed E-state index contributed by atoms with van der Waals surface area (Å²) in [5, 5.41) is 19.7. The number of allylic oxidation sites excluding steroid dienone is 3. The highest BCUT2D eigenvalue weighted by atomic mass is 16.7. The van der Waals surface area contributed by atoms with E-state index >= 15 is 0 Å². The SMILES string of the molecule is CNCNC1=CC(CC/C(C)=C(\CO)C[C@@]23O[C@]2(C(=O)OC)C(=O)c2ccccc2C3=O)=CCN1. The number of benzene rings is 1. The molecule has 0 radical (unpaired) electrons. The Balaban J connectivity index is 1.58. The molecule has 2 aliphatic heterocycles. The summed E-state index contributed by atoms with van der Waals surface area (Å²) in [5.41, 5.74) is -0.756. The van der Waals surface area contributed by atoms with E-state index in [1.807, 2.05) is 20.0 Å². The molecule has 4 N–H and O–H groups in total. The molecule has 0 bridgehead atoms. The van der Waals surface area contributed by atoms with E-state index in [1.165, 1.54) is 6.07 Å². The zero-order valence-electron chi connectivity index (χ0n) is 20.2. The molecule has 9 heteroatoms. The highest BCUT2D eigenvalue weighted by Gasteiger charge is 2.85. The van der Waals surface area contributed by atoms with Gasteiger partial charge < -0.3 is 30.5 Å². The first-order chi connectivity index (χ1) is 16.8. The standard InChI is InChI=1S/C26H31N3O6/c1-16(8-9-17-10-11-28-21(12-17)29-15-27-2)18(14-30)13-25-22(31)19-6-4-5-7-20(19)23(32)26(25,35-25)24(33)34-3/h4-7,10,12,27-30H,8-9,11,13-15H2,1-3H3/b18-16-/t25-,26-/m0/s1. The van der Waals surface area contributed by atoms with Crippen molar-refractivity contribution < 1.29 is 29.0 Å². The minimum Gasteiger partial charge on any atom is -0.466 e. The van der Waals surface area contributed by atoms with E-state index in [4.69, 9.17) is 9.47 Å². The summed E-state index contributed by atoms with van der Waals surface area (Å²) in [5.74, 6) is -0.993. The fourth-order valence-electron chi connectivity index (χ4n) is 4.85. The molecule has 186 valence electrons. The number of hydrogen-bond acceptors (Lipinski definition) is 9. The number of carbonyl (C=O) groups is 3. The Bertz CT molecular complexity index is 1150. The number of nitrogens with one attached hydrogen (secondary N) is 3. The van der Waals surface area contributed by atoms with Gasteiger partial charge in [-0.05, 0) is 44.0 Å². The van der Waals surface area contributed by atoms with Crippen LogP contribution in [0.5, 0.6) is 0 Å². The zero-order valence-corrected chi connectivity index (χ0v) is 20.2. The number of epoxide rings is 1. The minimum absolute atomic E-state index is 0.0608.